The fraction of sp³-hybridized carbons (Fsp3) is 0.143. The van der Waals surface area contributed by atoms with Crippen molar-refractivity contribution in [3.63, 3.8) is 0 Å². The number of carbonyl (C=O) groups excluding carboxylic acids is 1. The van der Waals surface area contributed by atoms with Gasteiger partial charge in [0.2, 0.25) is 6.79 Å². The number of pyridine rings is 1. The van der Waals surface area contributed by atoms with Gasteiger partial charge in [0.25, 0.3) is 5.91 Å². The molecule has 1 aliphatic heterocycles. The fourth-order valence-corrected chi connectivity index (χ4v) is 2.82. The Hall–Kier alpha value is -3.54. The summed E-state index contributed by atoms with van der Waals surface area (Å²) >= 11 is 0. The highest BCUT2D eigenvalue weighted by atomic mass is 16.7. The number of amides is 1. The summed E-state index contributed by atoms with van der Waals surface area (Å²) in [6, 6.07) is 17.2. The summed E-state index contributed by atoms with van der Waals surface area (Å²) in [4.78, 5) is 16.6. The normalized spacial score (nSPS) is 11.9. The molecule has 6 heteroatoms. The quantitative estimate of drug-likeness (QED) is 0.723. The average Bonchev–Trinajstić information content (AvgIpc) is 3.14. The molecule has 0 radical (unpaired) electrons. The number of anilines is 2. The standard InChI is InChI=1S/C21H19N3O3/c1-14-3-2-4-16(9-14)24-17-6-7-18(22-12-17)21(25)23-11-15-5-8-19-20(10-15)27-13-26-19/h2-10,12,24H,11,13H2,1H3,(H,23,25). The maximum atomic E-state index is 12.3. The van der Waals surface area contributed by atoms with Crippen LogP contribution in [0, 0.1) is 6.92 Å². The SMILES string of the molecule is Cc1cccc(Nc2ccc(C(=O)NCc3ccc4c(c3)OCO4)nc2)c1. The minimum absolute atomic E-state index is 0.227. The van der Waals surface area contributed by atoms with Crippen LogP contribution in [-0.4, -0.2) is 17.7 Å². The van der Waals surface area contributed by atoms with Gasteiger partial charge in [-0.2, -0.15) is 0 Å². The van der Waals surface area contributed by atoms with Crippen LogP contribution in [0.15, 0.2) is 60.8 Å². The number of hydrogen-bond donors (Lipinski definition) is 2. The molecular weight excluding hydrogens is 342 g/mol. The average molecular weight is 361 g/mol. The Morgan fingerprint density at radius 2 is 1.93 bits per heavy atom. The Labute approximate surface area is 157 Å². The van der Waals surface area contributed by atoms with Crippen LogP contribution in [0.5, 0.6) is 11.5 Å². The van der Waals surface area contributed by atoms with E-state index in [0.717, 1.165) is 22.7 Å². The fourth-order valence-electron chi connectivity index (χ4n) is 2.82. The van der Waals surface area contributed by atoms with E-state index in [9.17, 15) is 4.79 Å². The number of hydrogen-bond acceptors (Lipinski definition) is 5. The molecule has 2 heterocycles. The van der Waals surface area contributed by atoms with Crippen molar-refractivity contribution >= 4 is 17.3 Å². The molecule has 0 fully saturated rings. The van der Waals surface area contributed by atoms with Crippen LogP contribution in [0.2, 0.25) is 0 Å². The van der Waals surface area contributed by atoms with E-state index in [0.29, 0.717) is 18.0 Å². The second kappa shape index (κ2) is 7.37. The van der Waals surface area contributed by atoms with Gasteiger partial charge in [-0.1, -0.05) is 18.2 Å². The van der Waals surface area contributed by atoms with Crippen molar-refractivity contribution in [1.82, 2.24) is 10.3 Å². The van der Waals surface area contributed by atoms with Crippen LogP contribution in [0.25, 0.3) is 0 Å². The van der Waals surface area contributed by atoms with Crippen molar-refractivity contribution in [2.45, 2.75) is 13.5 Å². The number of benzene rings is 2. The van der Waals surface area contributed by atoms with E-state index < -0.39 is 0 Å². The first-order valence-electron chi connectivity index (χ1n) is 8.64. The van der Waals surface area contributed by atoms with Gasteiger partial charge in [0.05, 0.1) is 11.9 Å². The second-order valence-corrected chi connectivity index (χ2v) is 6.30. The summed E-state index contributed by atoms with van der Waals surface area (Å²) in [7, 11) is 0. The van der Waals surface area contributed by atoms with Gasteiger partial charge in [-0.3, -0.25) is 4.79 Å². The molecule has 0 atom stereocenters. The van der Waals surface area contributed by atoms with Gasteiger partial charge in [-0.25, -0.2) is 4.98 Å². The van der Waals surface area contributed by atoms with Crippen LogP contribution < -0.4 is 20.1 Å². The summed E-state index contributed by atoms with van der Waals surface area (Å²) < 4.78 is 10.6. The summed E-state index contributed by atoms with van der Waals surface area (Å²) in [5.74, 6) is 1.20. The second-order valence-electron chi connectivity index (χ2n) is 6.30. The van der Waals surface area contributed by atoms with Gasteiger partial charge in [0, 0.05) is 12.2 Å². The lowest BCUT2D eigenvalue weighted by Crippen LogP contribution is -2.23. The molecule has 0 bridgehead atoms. The molecule has 1 aliphatic rings. The highest BCUT2D eigenvalue weighted by molar-refractivity contribution is 5.92. The summed E-state index contributed by atoms with van der Waals surface area (Å²) in [6.07, 6.45) is 1.65. The largest absolute Gasteiger partial charge is 0.454 e. The van der Waals surface area contributed by atoms with Crippen LogP contribution in [0.1, 0.15) is 21.6 Å². The van der Waals surface area contributed by atoms with Crippen molar-refractivity contribution in [2.24, 2.45) is 0 Å². The molecule has 0 saturated carbocycles. The van der Waals surface area contributed by atoms with Gasteiger partial charge in [0.1, 0.15) is 5.69 Å². The topological polar surface area (TPSA) is 72.5 Å². The predicted molar refractivity (Wildman–Crippen MR) is 102 cm³/mol. The number of rotatable bonds is 5. The van der Waals surface area contributed by atoms with E-state index in [2.05, 4.69) is 15.6 Å². The molecule has 136 valence electrons. The monoisotopic (exact) mass is 361 g/mol. The van der Waals surface area contributed by atoms with Crippen LogP contribution >= 0.6 is 0 Å². The molecule has 1 amide bonds. The van der Waals surface area contributed by atoms with Gasteiger partial charge in [-0.05, 0) is 54.4 Å². The first kappa shape index (κ1) is 16.9. The zero-order valence-corrected chi connectivity index (χ0v) is 14.9. The lowest BCUT2D eigenvalue weighted by Gasteiger charge is -2.08. The highest BCUT2D eigenvalue weighted by Crippen LogP contribution is 2.32. The van der Waals surface area contributed by atoms with E-state index in [1.165, 1.54) is 5.56 Å². The lowest BCUT2D eigenvalue weighted by molar-refractivity contribution is 0.0946. The zero-order valence-electron chi connectivity index (χ0n) is 14.9. The number of nitrogens with one attached hydrogen (secondary N) is 2. The number of nitrogens with zero attached hydrogens (tertiary/aromatic N) is 1. The molecule has 0 aliphatic carbocycles. The van der Waals surface area contributed by atoms with Gasteiger partial charge in [0.15, 0.2) is 11.5 Å². The molecule has 0 unspecified atom stereocenters. The number of fused-ring (bicyclic) bond motifs is 1. The molecule has 1 aromatic heterocycles. The van der Waals surface area contributed by atoms with E-state index >= 15 is 0 Å². The summed E-state index contributed by atoms with van der Waals surface area (Å²) in [5.41, 5.74) is 4.29. The maximum absolute atomic E-state index is 12.3. The molecule has 2 N–H and O–H groups in total. The third kappa shape index (κ3) is 4.00. The Bertz CT molecular complexity index is 971. The number of ether oxygens (including phenoxy) is 2. The van der Waals surface area contributed by atoms with Gasteiger partial charge in [-0.15, -0.1) is 0 Å². The summed E-state index contributed by atoms with van der Waals surface area (Å²) in [5, 5.41) is 6.14. The van der Waals surface area contributed by atoms with Crippen LogP contribution in [-0.2, 0) is 6.54 Å². The van der Waals surface area contributed by atoms with Crippen molar-refractivity contribution in [1.29, 1.82) is 0 Å². The molecule has 27 heavy (non-hydrogen) atoms. The minimum atomic E-state index is -0.227. The third-order valence-electron chi connectivity index (χ3n) is 4.19. The van der Waals surface area contributed by atoms with Gasteiger partial charge < -0.3 is 20.1 Å². The molecule has 4 rings (SSSR count). The lowest BCUT2D eigenvalue weighted by atomic mass is 10.2. The van der Waals surface area contributed by atoms with Crippen molar-refractivity contribution in [3.8, 4) is 11.5 Å². The maximum Gasteiger partial charge on any atom is 0.270 e. The van der Waals surface area contributed by atoms with Crippen molar-refractivity contribution < 1.29 is 14.3 Å². The van der Waals surface area contributed by atoms with Gasteiger partial charge >= 0.3 is 0 Å². The third-order valence-corrected chi connectivity index (χ3v) is 4.19. The Balaban J connectivity index is 1.36. The molecule has 0 saturated heterocycles. The van der Waals surface area contributed by atoms with Crippen LogP contribution in [0.4, 0.5) is 11.4 Å². The van der Waals surface area contributed by atoms with Crippen molar-refractivity contribution in [2.75, 3.05) is 12.1 Å². The Kier molecular flexibility index (Phi) is 4.61. The number of aromatic nitrogens is 1. The Morgan fingerprint density at radius 3 is 2.74 bits per heavy atom. The molecule has 6 nitrogen and oxygen atoms in total. The van der Waals surface area contributed by atoms with Crippen molar-refractivity contribution in [3.05, 3.63) is 77.6 Å². The van der Waals surface area contributed by atoms with E-state index in [1.807, 2.05) is 55.5 Å². The number of aryl methyl sites for hydroxylation is 1. The molecule has 0 spiro atoms. The van der Waals surface area contributed by atoms with Crippen LogP contribution in [0.3, 0.4) is 0 Å². The van der Waals surface area contributed by atoms with E-state index in [4.69, 9.17) is 9.47 Å². The molecular formula is C21H19N3O3. The zero-order chi connectivity index (χ0) is 18.6. The molecule has 2 aromatic carbocycles. The predicted octanol–water partition coefficient (Wildman–Crippen LogP) is 3.79. The first-order chi connectivity index (χ1) is 13.2. The minimum Gasteiger partial charge on any atom is -0.454 e. The Morgan fingerprint density at radius 1 is 1.04 bits per heavy atom. The first-order valence-corrected chi connectivity index (χ1v) is 8.64. The highest BCUT2D eigenvalue weighted by Gasteiger charge is 2.14. The summed E-state index contributed by atoms with van der Waals surface area (Å²) in [6.45, 7) is 2.66. The number of carbonyl (C=O) groups is 1. The van der Waals surface area contributed by atoms with E-state index in [1.54, 1.807) is 12.3 Å². The molecule has 3 aromatic rings. The smallest absolute Gasteiger partial charge is 0.270 e. The van der Waals surface area contributed by atoms with E-state index in [-0.39, 0.29) is 12.7 Å².